The standard InChI is InChI=1S/C16H25N3/c17-11-13-5-1-2-7-15(13)19-10-4-8-16(19)14-6-3-9-18-12-14/h3,6,9,12-13,15-16H,1-2,4-5,7-8,10-11,17H2. The Labute approximate surface area is 116 Å². The molecule has 3 unspecified atom stereocenters. The van der Waals surface area contributed by atoms with Crippen LogP contribution < -0.4 is 5.73 Å². The van der Waals surface area contributed by atoms with Crippen LogP contribution in [0.2, 0.25) is 0 Å². The minimum atomic E-state index is 0.575. The van der Waals surface area contributed by atoms with Gasteiger partial charge in [0, 0.05) is 24.5 Å². The van der Waals surface area contributed by atoms with Gasteiger partial charge in [-0.05, 0) is 56.3 Å². The fourth-order valence-corrected chi connectivity index (χ4v) is 4.02. The third-order valence-corrected chi connectivity index (χ3v) is 4.96. The summed E-state index contributed by atoms with van der Waals surface area (Å²) in [6.07, 6.45) is 11.9. The molecule has 2 heterocycles. The normalized spacial score (nSPS) is 32.6. The van der Waals surface area contributed by atoms with Gasteiger partial charge in [-0.1, -0.05) is 18.9 Å². The molecule has 0 radical (unpaired) electrons. The van der Waals surface area contributed by atoms with E-state index in [-0.39, 0.29) is 0 Å². The first-order valence-corrected chi connectivity index (χ1v) is 7.76. The number of hydrogen-bond donors (Lipinski definition) is 1. The lowest BCUT2D eigenvalue weighted by Crippen LogP contribution is -2.44. The summed E-state index contributed by atoms with van der Waals surface area (Å²) in [6, 6.07) is 5.57. The highest BCUT2D eigenvalue weighted by Gasteiger charge is 2.36. The molecular weight excluding hydrogens is 234 g/mol. The minimum absolute atomic E-state index is 0.575. The molecule has 2 N–H and O–H groups in total. The average Bonchev–Trinajstić information content (AvgIpc) is 2.97. The molecule has 1 aliphatic heterocycles. The molecular formula is C16H25N3. The second-order valence-corrected chi connectivity index (χ2v) is 6.03. The predicted octanol–water partition coefficient (Wildman–Crippen LogP) is 2.74. The molecule has 2 fully saturated rings. The van der Waals surface area contributed by atoms with Gasteiger partial charge < -0.3 is 5.73 Å². The Bertz CT molecular complexity index is 392. The second kappa shape index (κ2) is 6.02. The number of rotatable bonds is 3. The molecule has 1 aromatic rings. The highest BCUT2D eigenvalue weighted by molar-refractivity contribution is 5.16. The Morgan fingerprint density at radius 1 is 1.21 bits per heavy atom. The molecule has 19 heavy (non-hydrogen) atoms. The van der Waals surface area contributed by atoms with Crippen LogP contribution in [0.15, 0.2) is 24.5 Å². The molecule has 0 spiro atoms. The summed E-state index contributed by atoms with van der Waals surface area (Å²) in [6.45, 7) is 2.08. The molecule has 0 bridgehead atoms. The van der Waals surface area contributed by atoms with Gasteiger partial charge in [0.1, 0.15) is 0 Å². The minimum Gasteiger partial charge on any atom is -0.330 e. The summed E-state index contributed by atoms with van der Waals surface area (Å²) < 4.78 is 0. The number of nitrogens with two attached hydrogens (primary N) is 1. The first-order chi connectivity index (χ1) is 9.40. The van der Waals surface area contributed by atoms with E-state index in [1.165, 1.54) is 50.6 Å². The van der Waals surface area contributed by atoms with E-state index in [1.807, 2.05) is 12.4 Å². The van der Waals surface area contributed by atoms with Crippen molar-refractivity contribution in [3.63, 3.8) is 0 Å². The van der Waals surface area contributed by atoms with Crippen LogP contribution in [0, 0.1) is 5.92 Å². The molecule has 3 heteroatoms. The van der Waals surface area contributed by atoms with E-state index in [2.05, 4.69) is 22.0 Å². The van der Waals surface area contributed by atoms with Crippen molar-refractivity contribution in [2.75, 3.05) is 13.1 Å². The van der Waals surface area contributed by atoms with Crippen LogP contribution in [-0.4, -0.2) is 29.0 Å². The van der Waals surface area contributed by atoms with Gasteiger partial charge in [0.2, 0.25) is 0 Å². The van der Waals surface area contributed by atoms with Crippen LogP contribution in [0.5, 0.6) is 0 Å². The maximum absolute atomic E-state index is 6.01. The zero-order chi connectivity index (χ0) is 13.1. The average molecular weight is 259 g/mol. The third-order valence-electron chi connectivity index (χ3n) is 4.96. The van der Waals surface area contributed by atoms with Crippen LogP contribution in [0.1, 0.15) is 50.1 Å². The van der Waals surface area contributed by atoms with Gasteiger partial charge in [-0.25, -0.2) is 0 Å². The summed E-state index contributed by atoms with van der Waals surface area (Å²) in [5.74, 6) is 0.700. The van der Waals surface area contributed by atoms with Crippen molar-refractivity contribution in [3.8, 4) is 0 Å². The lowest BCUT2D eigenvalue weighted by atomic mass is 9.83. The van der Waals surface area contributed by atoms with Crippen LogP contribution in [0.3, 0.4) is 0 Å². The van der Waals surface area contributed by atoms with E-state index in [0.717, 1.165) is 6.54 Å². The Morgan fingerprint density at radius 3 is 2.89 bits per heavy atom. The van der Waals surface area contributed by atoms with E-state index in [0.29, 0.717) is 18.0 Å². The Kier molecular flexibility index (Phi) is 4.14. The largest absolute Gasteiger partial charge is 0.330 e. The molecule has 3 atom stereocenters. The number of nitrogens with zero attached hydrogens (tertiary/aromatic N) is 2. The fourth-order valence-electron chi connectivity index (χ4n) is 4.02. The Balaban J connectivity index is 1.79. The van der Waals surface area contributed by atoms with E-state index in [9.17, 15) is 0 Å². The quantitative estimate of drug-likeness (QED) is 0.907. The number of pyridine rings is 1. The first-order valence-electron chi connectivity index (χ1n) is 7.76. The molecule has 104 valence electrons. The highest BCUT2D eigenvalue weighted by atomic mass is 15.2. The summed E-state index contributed by atoms with van der Waals surface area (Å²) in [4.78, 5) is 7.03. The Morgan fingerprint density at radius 2 is 2.11 bits per heavy atom. The van der Waals surface area contributed by atoms with Crippen molar-refractivity contribution in [2.45, 2.75) is 50.6 Å². The monoisotopic (exact) mass is 259 g/mol. The summed E-state index contributed by atoms with van der Waals surface area (Å²) in [5.41, 5.74) is 7.40. The molecule has 1 saturated carbocycles. The van der Waals surface area contributed by atoms with Gasteiger partial charge in [0.25, 0.3) is 0 Å². The van der Waals surface area contributed by atoms with Gasteiger partial charge in [-0.15, -0.1) is 0 Å². The molecule has 1 aromatic heterocycles. The van der Waals surface area contributed by atoms with E-state index in [4.69, 9.17) is 5.73 Å². The van der Waals surface area contributed by atoms with Gasteiger partial charge in [-0.3, -0.25) is 9.88 Å². The maximum Gasteiger partial charge on any atom is 0.0366 e. The van der Waals surface area contributed by atoms with Gasteiger partial charge in [0.15, 0.2) is 0 Å². The SMILES string of the molecule is NCC1CCCCC1N1CCCC1c1cccnc1. The van der Waals surface area contributed by atoms with Crippen molar-refractivity contribution in [1.29, 1.82) is 0 Å². The molecule has 1 aliphatic carbocycles. The lowest BCUT2D eigenvalue weighted by Gasteiger charge is -2.40. The van der Waals surface area contributed by atoms with E-state index in [1.54, 1.807) is 0 Å². The number of likely N-dealkylation sites (tertiary alicyclic amines) is 1. The van der Waals surface area contributed by atoms with Crippen molar-refractivity contribution >= 4 is 0 Å². The Hall–Kier alpha value is -0.930. The van der Waals surface area contributed by atoms with Crippen LogP contribution in [-0.2, 0) is 0 Å². The summed E-state index contributed by atoms with van der Waals surface area (Å²) in [7, 11) is 0. The van der Waals surface area contributed by atoms with E-state index < -0.39 is 0 Å². The predicted molar refractivity (Wildman–Crippen MR) is 77.7 cm³/mol. The smallest absolute Gasteiger partial charge is 0.0366 e. The highest BCUT2D eigenvalue weighted by Crippen LogP contribution is 2.39. The molecule has 0 amide bonds. The molecule has 3 rings (SSSR count). The first kappa shape index (κ1) is 13.1. The number of aromatic nitrogens is 1. The summed E-state index contributed by atoms with van der Waals surface area (Å²) >= 11 is 0. The van der Waals surface area contributed by atoms with Crippen LogP contribution in [0.25, 0.3) is 0 Å². The molecule has 1 saturated heterocycles. The lowest BCUT2D eigenvalue weighted by molar-refractivity contribution is 0.0949. The summed E-state index contributed by atoms with van der Waals surface area (Å²) in [5, 5.41) is 0. The van der Waals surface area contributed by atoms with Crippen molar-refractivity contribution < 1.29 is 0 Å². The number of hydrogen-bond acceptors (Lipinski definition) is 3. The maximum atomic E-state index is 6.01. The molecule has 3 nitrogen and oxygen atoms in total. The van der Waals surface area contributed by atoms with Crippen molar-refractivity contribution in [2.24, 2.45) is 11.7 Å². The fraction of sp³-hybridized carbons (Fsp3) is 0.688. The van der Waals surface area contributed by atoms with E-state index >= 15 is 0 Å². The van der Waals surface area contributed by atoms with Crippen molar-refractivity contribution in [3.05, 3.63) is 30.1 Å². The van der Waals surface area contributed by atoms with Crippen molar-refractivity contribution in [1.82, 2.24) is 9.88 Å². The van der Waals surface area contributed by atoms with Gasteiger partial charge in [0.05, 0.1) is 0 Å². The van der Waals surface area contributed by atoms with Crippen LogP contribution >= 0.6 is 0 Å². The van der Waals surface area contributed by atoms with Gasteiger partial charge >= 0.3 is 0 Å². The molecule has 2 aliphatic rings. The van der Waals surface area contributed by atoms with Gasteiger partial charge in [-0.2, -0.15) is 0 Å². The van der Waals surface area contributed by atoms with Crippen LogP contribution in [0.4, 0.5) is 0 Å². The topological polar surface area (TPSA) is 42.1 Å². The molecule has 0 aromatic carbocycles. The third kappa shape index (κ3) is 2.67. The zero-order valence-corrected chi connectivity index (χ0v) is 11.7. The zero-order valence-electron chi connectivity index (χ0n) is 11.7. The second-order valence-electron chi connectivity index (χ2n) is 6.03.